The number of carbonyl (C=O) groups is 1. The Kier molecular flexibility index (Phi) is 5.27. The molecule has 2 aromatic heterocycles. The minimum atomic E-state index is -0.189. The van der Waals surface area contributed by atoms with Crippen molar-refractivity contribution in [2.24, 2.45) is 0 Å². The molecule has 24 heavy (non-hydrogen) atoms. The number of carbonyl (C=O) groups excluding carboxylic acids is 1. The summed E-state index contributed by atoms with van der Waals surface area (Å²) in [5, 5.41) is 6.15. The van der Waals surface area contributed by atoms with Crippen LogP contribution in [-0.4, -0.2) is 15.9 Å². The topological polar surface area (TPSA) is 54.9 Å². The summed E-state index contributed by atoms with van der Waals surface area (Å²) in [4.78, 5) is 22.5. The number of amides is 1. The molecule has 0 saturated carbocycles. The lowest BCUT2D eigenvalue weighted by Crippen LogP contribution is -2.13. The maximum Gasteiger partial charge on any atom is 0.260 e. The highest BCUT2D eigenvalue weighted by Crippen LogP contribution is 2.29. The molecule has 0 aliphatic heterocycles. The van der Waals surface area contributed by atoms with Crippen LogP contribution in [-0.2, 0) is 0 Å². The molecule has 3 rings (SSSR count). The van der Waals surface area contributed by atoms with Crippen LogP contribution in [0.15, 0.2) is 64.0 Å². The minimum Gasteiger partial charge on any atom is -0.298 e. The van der Waals surface area contributed by atoms with Gasteiger partial charge in [-0.3, -0.25) is 10.1 Å². The molecular formula is C18H17N3OS2. The Labute approximate surface area is 149 Å². The van der Waals surface area contributed by atoms with Gasteiger partial charge in [0.25, 0.3) is 5.91 Å². The van der Waals surface area contributed by atoms with Crippen molar-refractivity contribution in [1.29, 1.82) is 0 Å². The molecule has 1 amide bonds. The van der Waals surface area contributed by atoms with E-state index in [9.17, 15) is 4.79 Å². The molecule has 0 aliphatic carbocycles. The van der Waals surface area contributed by atoms with Crippen molar-refractivity contribution in [3.63, 3.8) is 0 Å². The second kappa shape index (κ2) is 7.59. The van der Waals surface area contributed by atoms with Crippen molar-refractivity contribution in [2.45, 2.75) is 29.7 Å². The summed E-state index contributed by atoms with van der Waals surface area (Å²) >= 11 is 2.91. The summed E-state index contributed by atoms with van der Waals surface area (Å²) in [7, 11) is 0. The average molecular weight is 355 g/mol. The van der Waals surface area contributed by atoms with Gasteiger partial charge in [-0.25, -0.2) is 9.97 Å². The number of aromatic nitrogens is 2. The molecule has 1 N–H and O–H groups in total. The first-order valence-corrected chi connectivity index (χ1v) is 9.28. The number of nitrogens with one attached hydrogen (secondary N) is 1. The molecule has 2 heterocycles. The smallest absolute Gasteiger partial charge is 0.260 e. The van der Waals surface area contributed by atoms with Gasteiger partial charge in [-0.2, -0.15) is 0 Å². The molecule has 0 aliphatic rings. The van der Waals surface area contributed by atoms with Gasteiger partial charge in [-0.15, -0.1) is 11.3 Å². The predicted molar refractivity (Wildman–Crippen MR) is 99.0 cm³/mol. The summed E-state index contributed by atoms with van der Waals surface area (Å²) in [6, 6.07) is 13.4. The number of hydrogen-bond donors (Lipinski definition) is 1. The van der Waals surface area contributed by atoms with Crippen LogP contribution in [0.5, 0.6) is 0 Å². The van der Waals surface area contributed by atoms with Gasteiger partial charge in [-0.1, -0.05) is 43.8 Å². The molecule has 6 heteroatoms. The Hall–Kier alpha value is -2.18. The fraction of sp³-hybridized carbons (Fsp3) is 0.167. The van der Waals surface area contributed by atoms with E-state index in [0.717, 1.165) is 10.6 Å². The van der Waals surface area contributed by atoms with E-state index in [-0.39, 0.29) is 5.91 Å². The van der Waals surface area contributed by atoms with Gasteiger partial charge in [0.15, 0.2) is 5.13 Å². The van der Waals surface area contributed by atoms with Gasteiger partial charge in [0.1, 0.15) is 5.03 Å². The third-order valence-corrected chi connectivity index (χ3v) is 5.11. The third-order valence-electron chi connectivity index (χ3n) is 3.31. The lowest BCUT2D eigenvalue weighted by Gasteiger charge is -2.07. The standard InChI is InChI=1S/C18H17N3OS2/c1-12(2)15-11-23-18(20-15)21-16(22)14-9-6-10-19-17(14)24-13-7-4-3-5-8-13/h3-12H,1-2H3,(H,20,21,22). The number of hydrogen-bond acceptors (Lipinski definition) is 5. The highest BCUT2D eigenvalue weighted by atomic mass is 32.2. The normalized spacial score (nSPS) is 10.8. The van der Waals surface area contributed by atoms with Gasteiger partial charge < -0.3 is 0 Å². The Bertz CT molecular complexity index is 831. The lowest BCUT2D eigenvalue weighted by molar-refractivity contribution is 0.102. The quantitative estimate of drug-likeness (QED) is 0.694. The first-order valence-electron chi connectivity index (χ1n) is 7.58. The molecule has 1 aromatic carbocycles. The Balaban J connectivity index is 1.79. The van der Waals surface area contributed by atoms with Crippen LogP contribution in [0.25, 0.3) is 0 Å². The van der Waals surface area contributed by atoms with Gasteiger partial charge in [-0.05, 0) is 30.2 Å². The summed E-state index contributed by atoms with van der Waals surface area (Å²) < 4.78 is 0. The largest absolute Gasteiger partial charge is 0.298 e. The van der Waals surface area contributed by atoms with Gasteiger partial charge in [0.05, 0.1) is 11.3 Å². The molecule has 0 bridgehead atoms. The fourth-order valence-corrected chi connectivity index (χ4v) is 3.79. The predicted octanol–water partition coefficient (Wildman–Crippen LogP) is 5.07. The minimum absolute atomic E-state index is 0.189. The highest BCUT2D eigenvalue weighted by molar-refractivity contribution is 7.99. The van der Waals surface area contributed by atoms with E-state index in [1.54, 1.807) is 18.3 Å². The van der Waals surface area contributed by atoms with Crippen molar-refractivity contribution < 1.29 is 4.79 Å². The molecule has 4 nitrogen and oxygen atoms in total. The first-order chi connectivity index (χ1) is 11.6. The summed E-state index contributed by atoms with van der Waals surface area (Å²) in [5.74, 6) is 0.153. The Morgan fingerprint density at radius 2 is 1.96 bits per heavy atom. The van der Waals surface area contributed by atoms with E-state index in [4.69, 9.17) is 0 Å². The first kappa shape index (κ1) is 16.7. The van der Waals surface area contributed by atoms with Crippen LogP contribution in [0.4, 0.5) is 5.13 Å². The van der Waals surface area contributed by atoms with E-state index in [1.807, 2.05) is 35.7 Å². The molecule has 3 aromatic rings. The van der Waals surface area contributed by atoms with Crippen molar-refractivity contribution in [1.82, 2.24) is 9.97 Å². The molecule has 0 spiro atoms. The van der Waals surface area contributed by atoms with Crippen LogP contribution in [0, 0.1) is 0 Å². The maximum atomic E-state index is 12.6. The second-order valence-corrected chi connectivity index (χ2v) is 7.38. The average Bonchev–Trinajstić information content (AvgIpc) is 3.05. The van der Waals surface area contributed by atoms with Crippen molar-refractivity contribution in [3.05, 3.63) is 65.3 Å². The molecular weight excluding hydrogens is 338 g/mol. The van der Waals surface area contributed by atoms with Gasteiger partial charge >= 0.3 is 0 Å². The van der Waals surface area contributed by atoms with Crippen molar-refractivity contribution >= 4 is 34.1 Å². The van der Waals surface area contributed by atoms with Crippen LogP contribution < -0.4 is 5.32 Å². The fourth-order valence-electron chi connectivity index (χ4n) is 2.02. The van der Waals surface area contributed by atoms with E-state index in [1.165, 1.54) is 23.1 Å². The zero-order valence-corrected chi connectivity index (χ0v) is 15.0. The summed E-state index contributed by atoms with van der Waals surface area (Å²) in [5.41, 5.74) is 1.54. The van der Waals surface area contributed by atoms with Crippen LogP contribution in [0.2, 0.25) is 0 Å². The number of thiazole rings is 1. The number of anilines is 1. The van der Waals surface area contributed by atoms with Crippen molar-refractivity contribution in [2.75, 3.05) is 5.32 Å². The number of benzene rings is 1. The van der Waals surface area contributed by atoms with Crippen LogP contribution in [0.1, 0.15) is 35.8 Å². The van der Waals surface area contributed by atoms with Gasteiger partial charge in [0.2, 0.25) is 0 Å². The monoisotopic (exact) mass is 355 g/mol. The van der Waals surface area contributed by atoms with Crippen LogP contribution >= 0.6 is 23.1 Å². The van der Waals surface area contributed by atoms with E-state index < -0.39 is 0 Å². The lowest BCUT2D eigenvalue weighted by atomic mass is 10.2. The number of nitrogens with zero attached hydrogens (tertiary/aromatic N) is 2. The van der Waals surface area contributed by atoms with Crippen LogP contribution in [0.3, 0.4) is 0 Å². The second-order valence-electron chi connectivity index (χ2n) is 5.46. The van der Waals surface area contributed by atoms with E-state index >= 15 is 0 Å². The number of pyridine rings is 1. The maximum absolute atomic E-state index is 12.6. The molecule has 0 saturated heterocycles. The molecule has 0 unspecified atom stereocenters. The number of rotatable bonds is 5. The zero-order valence-electron chi connectivity index (χ0n) is 13.4. The molecule has 0 atom stereocenters. The molecule has 122 valence electrons. The third kappa shape index (κ3) is 4.01. The highest BCUT2D eigenvalue weighted by Gasteiger charge is 2.15. The van der Waals surface area contributed by atoms with Gasteiger partial charge in [0, 0.05) is 16.5 Å². The summed E-state index contributed by atoms with van der Waals surface area (Å²) in [6.45, 7) is 4.16. The molecule has 0 fully saturated rings. The SMILES string of the molecule is CC(C)c1csc(NC(=O)c2cccnc2Sc2ccccc2)n1. The zero-order chi connectivity index (χ0) is 16.9. The Morgan fingerprint density at radius 3 is 2.67 bits per heavy atom. The Morgan fingerprint density at radius 1 is 1.17 bits per heavy atom. The summed E-state index contributed by atoms with van der Waals surface area (Å²) in [6.07, 6.45) is 1.70. The molecule has 0 radical (unpaired) electrons. The van der Waals surface area contributed by atoms with Crippen molar-refractivity contribution in [3.8, 4) is 0 Å². The van der Waals surface area contributed by atoms with E-state index in [2.05, 4.69) is 29.1 Å². The van der Waals surface area contributed by atoms with E-state index in [0.29, 0.717) is 21.6 Å².